The lowest BCUT2D eigenvalue weighted by atomic mass is 10.1. The van der Waals surface area contributed by atoms with Gasteiger partial charge >= 0.3 is 7.37 Å². The van der Waals surface area contributed by atoms with Crippen LogP contribution in [0.4, 0.5) is 0 Å². The summed E-state index contributed by atoms with van der Waals surface area (Å²) in [7, 11) is -3.38. The topological polar surface area (TPSA) is 26.3 Å². The molecule has 0 aromatic heterocycles. The van der Waals surface area contributed by atoms with Gasteiger partial charge in [-0.3, -0.25) is 4.57 Å². The minimum absolute atomic E-state index is 0.610. The summed E-state index contributed by atoms with van der Waals surface area (Å²) in [6.45, 7) is 0. The lowest BCUT2D eigenvalue weighted by Crippen LogP contribution is -2.18. The molecule has 4 rings (SSSR count). The molecule has 2 nitrogen and oxygen atoms in total. The molecule has 4 heteroatoms. The number of halogens is 1. The number of rotatable bonds is 6. The van der Waals surface area contributed by atoms with Crippen molar-refractivity contribution in [2.75, 3.05) is 0 Å². The van der Waals surface area contributed by atoms with Crippen molar-refractivity contribution in [1.82, 2.24) is 0 Å². The Labute approximate surface area is 190 Å². The van der Waals surface area contributed by atoms with Crippen molar-refractivity contribution in [2.45, 2.75) is 0 Å². The second-order valence-electron chi connectivity index (χ2n) is 6.69. The van der Waals surface area contributed by atoms with E-state index in [1.807, 2.05) is 121 Å². The Bertz CT molecular complexity index is 1130. The van der Waals surface area contributed by atoms with Crippen molar-refractivity contribution in [3.05, 3.63) is 132 Å². The van der Waals surface area contributed by atoms with Gasteiger partial charge in [-0.05, 0) is 52.4 Å². The summed E-state index contributed by atoms with van der Waals surface area (Å²) in [6, 6.07) is 38.7. The minimum Gasteiger partial charge on any atom is -0.435 e. The first-order valence-corrected chi connectivity index (χ1v) is 12.3. The van der Waals surface area contributed by atoms with E-state index in [4.69, 9.17) is 4.52 Å². The fraction of sp³-hybridized carbons (Fsp3) is 0. The lowest BCUT2D eigenvalue weighted by molar-refractivity contribution is 0.482. The Morgan fingerprint density at radius 2 is 0.933 bits per heavy atom. The van der Waals surface area contributed by atoms with Crippen molar-refractivity contribution in [3.8, 4) is 0 Å². The average molecular weight is 522 g/mol. The monoisotopic (exact) mass is 522 g/mol. The van der Waals surface area contributed by atoms with Crippen molar-refractivity contribution >= 4 is 49.9 Å². The number of benzene rings is 4. The van der Waals surface area contributed by atoms with Crippen LogP contribution >= 0.6 is 30.0 Å². The van der Waals surface area contributed by atoms with E-state index in [1.165, 1.54) is 0 Å². The molecule has 0 heterocycles. The molecule has 0 saturated carbocycles. The molecule has 0 radical (unpaired) electrons. The van der Waals surface area contributed by atoms with Crippen molar-refractivity contribution in [3.63, 3.8) is 0 Å². The van der Waals surface area contributed by atoms with Crippen LogP contribution in [0, 0.1) is 0 Å². The van der Waals surface area contributed by atoms with Crippen LogP contribution in [0.15, 0.2) is 121 Å². The first kappa shape index (κ1) is 20.6. The predicted octanol–water partition coefficient (Wildman–Crippen LogP) is 6.89. The molecule has 148 valence electrons. The molecule has 0 N–H and O–H groups in total. The van der Waals surface area contributed by atoms with E-state index in [2.05, 4.69) is 22.6 Å². The van der Waals surface area contributed by atoms with Crippen LogP contribution in [0.5, 0.6) is 0 Å². The SMILES string of the molecule is O=P(O/C(=C(/I)c1ccccc1)c1ccccc1)(c1ccccc1)c1ccccc1. The summed E-state index contributed by atoms with van der Waals surface area (Å²) >= 11 is 2.29. The molecule has 0 fully saturated rings. The van der Waals surface area contributed by atoms with E-state index in [1.54, 1.807) is 0 Å². The van der Waals surface area contributed by atoms with Crippen LogP contribution in [0.3, 0.4) is 0 Å². The van der Waals surface area contributed by atoms with Crippen LogP contribution in [0.2, 0.25) is 0 Å². The molecule has 4 aromatic carbocycles. The van der Waals surface area contributed by atoms with Gasteiger partial charge in [-0.25, -0.2) is 0 Å². The van der Waals surface area contributed by atoms with Crippen LogP contribution in [-0.4, -0.2) is 0 Å². The Morgan fingerprint density at radius 1 is 0.567 bits per heavy atom. The van der Waals surface area contributed by atoms with Gasteiger partial charge in [0.05, 0.1) is 14.2 Å². The van der Waals surface area contributed by atoms with Gasteiger partial charge in [0.2, 0.25) is 0 Å². The van der Waals surface area contributed by atoms with Gasteiger partial charge in [0, 0.05) is 5.56 Å². The van der Waals surface area contributed by atoms with Gasteiger partial charge in [-0.1, -0.05) is 97.1 Å². The van der Waals surface area contributed by atoms with Crippen LogP contribution in [-0.2, 0) is 9.09 Å². The normalized spacial score (nSPS) is 12.2. The molecule has 30 heavy (non-hydrogen) atoms. The highest BCUT2D eigenvalue weighted by Gasteiger charge is 2.32. The smallest absolute Gasteiger partial charge is 0.306 e. The molecule has 0 saturated heterocycles. The predicted molar refractivity (Wildman–Crippen MR) is 135 cm³/mol. The third kappa shape index (κ3) is 4.43. The molecule has 0 atom stereocenters. The molecule has 0 aliphatic rings. The highest BCUT2D eigenvalue weighted by Crippen LogP contribution is 2.51. The maximum Gasteiger partial charge on any atom is 0.306 e. The molecular formula is C26H20IO2P. The molecule has 0 amide bonds. The first-order valence-electron chi connectivity index (χ1n) is 9.60. The maximum absolute atomic E-state index is 14.5. The zero-order valence-electron chi connectivity index (χ0n) is 16.2. The second kappa shape index (κ2) is 9.46. The number of hydrogen-bond acceptors (Lipinski definition) is 2. The number of hydrogen-bond donors (Lipinski definition) is 0. The quantitative estimate of drug-likeness (QED) is 0.119. The second-order valence-corrected chi connectivity index (χ2v) is 10.1. The molecule has 0 spiro atoms. The molecule has 0 unspecified atom stereocenters. The van der Waals surface area contributed by atoms with Crippen LogP contribution in [0.1, 0.15) is 11.1 Å². The summed E-state index contributed by atoms with van der Waals surface area (Å²) in [5.41, 5.74) is 1.91. The highest BCUT2D eigenvalue weighted by atomic mass is 127. The molecular weight excluding hydrogens is 502 g/mol. The summed E-state index contributed by atoms with van der Waals surface area (Å²) in [6.07, 6.45) is 0. The van der Waals surface area contributed by atoms with E-state index in [0.29, 0.717) is 16.4 Å². The van der Waals surface area contributed by atoms with Gasteiger partial charge in [0.25, 0.3) is 0 Å². The summed E-state index contributed by atoms with van der Waals surface area (Å²) in [5.74, 6) is 0.610. The maximum atomic E-state index is 14.5. The standard InChI is InChI=1S/C26H20IO2P/c27-25(21-13-5-1-6-14-21)26(22-15-7-2-8-16-22)29-30(28,23-17-9-3-10-18-23)24-19-11-4-12-20-24/h1-20H/b26-25+. The molecule has 4 aromatic rings. The van der Waals surface area contributed by atoms with Crippen molar-refractivity contribution < 1.29 is 9.09 Å². The fourth-order valence-electron chi connectivity index (χ4n) is 3.16. The van der Waals surface area contributed by atoms with E-state index < -0.39 is 7.37 Å². The molecule has 0 bridgehead atoms. The van der Waals surface area contributed by atoms with E-state index in [0.717, 1.165) is 14.7 Å². The van der Waals surface area contributed by atoms with E-state index in [9.17, 15) is 4.57 Å². The fourth-order valence-corrected chi connectivity index (χ4v) is 6.20. The average Bonchev–Trinajstić information content (AvgIpc) is 2.84. The Morgan fingerprint density at radius 3 is 1.37 bits per heavy atom. The highest BCUT2D eigenvalue weighted by molar-refractivity contribution is 14.1. The zero-order valence-corrected chi connectivity index (χ0v) is 19.2. The Hall–Kier alpha value is -2.62. The van der Waals surface area contributed by atoms with Crippen molar-refractivity contribution in [1.29, 1.82) is 0 Å². The third-order valence-corrected chi connectivity index (χ3v) is 8.18. The molecule has 0 aliphatic heterocycles. The van der Waals surface area contributed by atoms with E-state index in [-0.39, 0.29) is 0 Å². The molecule has 0 aliphatic carbocycles. The largest absolute Gasteiger partial charge is 0.435 e. The van der Waals surface area contributed by atoms with Crippen LogP contribution in [0.25, 0.3) is 9.34 Å². The minimum atomic E-state index is -3.38. The summed E-state index contributed by atoms with van der Waals surface area (Å²) in [4.78, 5) is 0. The third-order valence-electron chi connectivity index (χ3n) is 4.67. The van der Waals surface area contributed by atoms with Gasteiger partial charge in [0.1, 0.15) is 5.76 Å². The zero-order chi connectivity index (χ0) is 20.8. The van der Waals surface area contributed by atoms with E-state index >= 15 is 0 Å². The van der Waals surface area contributed by atoms with Crippen molar-refractivity contribution in [2.24, 2.45) is 0 Å². The Kier molecular flexibility index (Phi) is 6.51. The lowest BCUT2D eigenvalue weighted by Gasteiger charge is -2.23. The summed E-state index contributed by atoms with van der Waals surface area (Å²) in [5, 5.41) is 1.34. The first-order chi connectivity index (χ1) is 14.7. The van der Waals surface area contributed by atoms with Gasteiger partial charge in [-0.15, -0.1) is 0 Å². The van der Waals surface area contributed by atoms with Gasteiger partial charge in [-0.2, -0.15) is 0 Å². The Balaban J connectivity index is 1.92. The van der Waals surface area contributed by atoms with Gasteiger partial charge in [0.15, 0.2) is 0 Å². The van der Waals surface area contributed by atoms with Crippen LogP contribution < -0.4 is 10.6 Å². The summed E-state index contributed by atoms with van der Waals surface area (Å²) < 4.78 is 21.9. The van der Waals surface area contributed by atoms with Gasteiger partial charge < -0.3 is 4.52 Å².